The van der Waals surface area contributed by atoms with E-state index in [9.17, 15) is 14.0 Å². The van der Waals surface area contributed by atoms with Crippen LogP contribution in [0.5, 0.6) is 0 Å². The number of amides is 2. The zero-order valence-corrected chi connectivity index (χ0v) is 14.9. The Bertz CT molecular complexity index is 926. The van der Waals surface area contributed by atoms with Crippen molar-refractivity contribution in [3.05, 3.63) is 76.0 Å². The monoisotopic (exact) mass is 389 g/mol. The molecule has 0 aliphatic carbocycles. The highest BCUT2D eigenvalue weighted by molar-refractivity contribution is 7.13. The Hall–Kier alpha value is -2.77. The molecule has 0 radical (unpaired) electrons. The molecule has 0 saturated carbocycles. The summed E-state index contributed by atoms with van der Waals surface area (Å²) in [6.07, 6.45) is 0.0215. The van der Waals surface area contributed by atoms with Crippen molar-refractivity contribution in [1.82, 2.24) is 15.8 Å². The molecule has 2 amide bonds. The Morgan fingerprint density at radius 2 is 1.73 bits per heavy atom. The minimum Gasteiger partial charge on any atom is -0.273 e. The molecule has 1 aromatic heterocycles. The van der Waals surface area contributed by atoms with Crippen LogP contribution < -0.4 is 10.9 Å². The maximum Gasteiger partial charge on any atom is 0.289 e. The number of halogens is 2. The molecule has 26 heavy (non-hydrogen) atoms. The second-order valence-electron chi connectivity index (χ2n) is 5.35. The third kappa shape index (κ3) is 4.65. The second kappa shape index (κ2) is 8.07. The molecule has 0 unspecified atom stereocenters. The largest absolute Gasteiger partial charge is 0.289 e. The molecular formula is C18H13ClFN3O2S. The number of hydrazine groups is 1. The van der Waals surface area contributed by atoms with E-state index in [1.807, 2.05) is 12.1 Å². The molecule has 132 valence electrons. The number of hydrogen-bond donors (Lipinski definition) is 2. The van der Waals surface area contributed by atoms with Crippen molar-refractivity contribution in [3.63, 3.8) is 0 Å². The summed E-state index contributed by atoms with van der Waals surface area (Å²) in [5.74, 6) is -1.31. The standard InChI is InChI=1S/C18H13ClFN3O2S/c19-13-5-3-12(4-6-13)18-21-15(10-26-18)17(25)23-22-16(24)9-11-1-7-14(20)8-2-11/h1-8,10H,9H2,(H,22,24)(H,23,25). The molecule has 2 N–H and O–H groups in total. The van der Waals surface area contributed by atoms with Gasteiger partial charge in [-0.15, -0.1) is 11.3 Å². The lowest BCUT2D eigenvalue weighted by Gasteiger charge is -2.06. The summed E-state index contributed by atoms with van der Waals surface area (Å²) in [4.78, 5) is 28.2. The number of hydrogen-bond acceptors (Lipinski definition) is 4. The first-order valence-corrected chi connectivity index (χ1v) is 8.82. The van der Waals surface area contributed by atoms with Gasteiger partial charge >= 0.3 is 0 Å². The molecule has 0 saturated heterocycles. The van der Waals surface area contributed by atoms with Crippen LogP contribution in [0.4, 0.5) is 4.39 Å². The zero-order valence-electron chi connectivity index (χ0n) is 13.3. The fraction of sp³-hybridized carbons (Fsp3) is 0.0556. The lowest BCUT2D eigenvalue weighted by Crippen LogP contribution is -2.42. The molecule has 0 aliphatic heterocycles. The van der Waals surface area contributed by atoms with E-state index in [2.05, 4.69) is 15.8 Å². The van der Waals surface area contributed by atoms with Crippen LogP contribution >= 0.6 is 22.9 Å². The van der Waals surface area contributed by atoms with Crippen LogP contribution in [0.2, 0.25) is 5.02 Å². The van der Waals surface area contributed by atoms with Gasteiger partial charge in [0.15, 0.2) is 0 Å². The molecular weight excluding hydrogens is 377 g/mol. The molecule has 0 bridgehead atoms. The van der Waals surface area contributed by atoms with Gasteiger partial charge in [0.05, 0.1) is 6.42 Å². The number of carbonyl (C=O) groups excluding carboxylic acids is 2. The van der Waals surface area contributed by atoms with Crippen LogP contribution in [0, 0.1) is 5.82 Å². The van der Waals surface area contributed by atoms with Crippen LogP contribution in [0.25, 0.3) is 10.6 Å². The van der Waals surface area contributed by atoms with Gasteiger partial charge in [-0.2, -0.15) is 0 Å². The number of rotatable bonds is 4. The van der Waals surface area contributed by atoms with Crippen LogP contribution in [0.1, 0.15) is 16.1 Å². The summed E-state index contributed by atoms with van der Waals surface area (Å²) in [6.45, 7) is 0. The highest BCUT2D eigenvalue weighted by Gasteiger charge is 2.13. The third-order valence-corrected chi connectivity index (χ3v) is 4.56. The van der Waals surface area contributed by atoms with Crippen molar-refractivity contribution in [2.24, 2.45) is 0 Å². The molecule has 0 atom stereocenters. The van der Waals surface area contributed by atoms with Crippen molar-refractivity contribution in [1.29, 1.82) is 0 Å². The molecule has 3 aromatic rings. The van der Waals surface area contributed by atoms with E-state index in [1.54, 1.807) is 17.5 Å². The Morgan fingerprint density at radius 3 is 2.42 bits per heavy atom. The van der Waals surface area contributed by atoms with E-state index in [-0.39, 0.29) is 17.9 Å². The van der Waals surface area contributed by atoms with Crippen LogP contribution in [0.15, 0.2) is 53.9 Å². The van der Waals surface area contributed by atoms with Crippen molar-refractivity contribution in [2.45, 2.75) is 6.42 Å². The molecule has 0 fully saturated rings. The first kappa shape index (κ1) is 18.0. The lowest BCUT2D eigenvalue weighted by atomic mass is 10.1. The normalized spacial score (nSPS) is 10.4. The van der Waals surface area contributed by atoms with E-state index in [1.165, 1.54) is 35.6 Å². The average molecular weight is 390 g/mol. The topological polar surface area (TPSA) is 71.1 Å². The molecule has 0 spiro atoms. The summed E-state index contributed by atoms with van der Waals surface area (Å²) in [5.41, 5.74) is 6.31. The fourth-order valence-corrected chi connectivity index (χ4v) is 3.06. The van der Waals surface area contributed by atoms with Gasteiger partial charge in [0.2, 0.25) is 5.91 Å². The van der Waals surface area contributed by atoms with E-state index in [4.69, 9.17) is 11.6 Å². The Morgan fingerprint density at radius 1 is 1.04 bits per heavy atom. The summed E-state index contributed by atoms with van der Waals surface area (Å²) in [7, 11) is 0. The van der Waals surface area contributed by atoms with Crippen LogP contribution in [0.3, 0.4) is 0 Å². The first-order chi connectivity index (χ1) is 12.5. The highest BCUT2D eigenvalue weighted by Crippen LogP contribution is 2.24. The van der Waals surface area contributed by atoms with E-state index in [0.29, 0.717) is 15.6 Å². The number of carbonyl (C=O) groups is 2. The van der Waals surface area contributed by atoms with Gasteiger partial charge in [-0.25, -0.2) is 9.37 Å². The second-order valence-corrected chi connectivity index (χ2v) is 6.64. The van der Waals surface area contributed by atoms with E-state index >= 15 is 0 Å². The average Bonchev–Trinajstić information content (AvgIpc) is 3.12. The predicted octanol–water partition coefficient (Wildman–Crippen LogP) is 3.61. The number of nitrogens with zero attached hydrogens (tertiary/aromatic N) is 1. The number of benzene rings is 2. The molecule has 2 aromatic carbocycles. The first-order valence-electron chi connectivity index (χ1n) is 7.56. The fourth-order valence-electron chi connectivity index (χ4n) is 2.13. The van der Waals surface area contributed by atoms with Crippen molar-refractivity contribution < 1.29 is 14.0 Å². The van der Waals surface area contributed by atoms with E-state index < -0.39 is 11.8 Å². The van der Waals surface area contributed by atoms with Crippen molar-refractivity contribution in [3.8, 4) is 10.6 Å². The summed E-state index contributed by atoms with van der Waals surface area (Å²) in [6, 6.07) is 12.7. The SMILES string of the molecule is O=C(Cc1ccc(F)cc1)NNC(=O)c1csc(-c2ccc(Cl)cc2)n1. The van der Waals surface area contributed by atoms with Crippen molar-refractivity contribution >= 4 is 34.8 Å². The quantitative estimate of drug-likeness (QED) is 0.670. The van der Waals surface area contributed by atoms with Crippen molar-refractivity contribution in [2.75, 3.05) is 0 Å². The minimum absolute atomic E-state index is 0.0215. The van der Waals surface area contributed by atoms with Gasteiger partial charge in [-0.05, 0) is 29.8 Å². The van der Waals surface area contributed by atoms with Gasteiger partial charge in [0.1, 0.15) is 16.5 Å². The number of thiazole rings is 1. The molecule has 3 rings (SSSR count). The maximum absolute atomic E-state index is 12.8. The van der Waals surface area contributed by atoms with Crippen LogP contribution in [-0.4, -0.2) is 16.8 Å². The maximum atomic E-state index is 12.8. The van der Waals surface area contributed by atoms with Gasteiger partial charge in [-0.3, -0.25) is 20.4 Å². The van der Waals surface area contributed by atoms with Gasteiger partial charge < -0.3 is 0 Å². The molecule has 8 heteroatoms. The highest BCUT2D eigenvalue weighted by atomic mass is 35.5. The summed E-state index contributed by atoms with van der Waals surface area (Å²) >= 11 is 7.16. The summed E-state index contributed by atoms with van der Waals surface area (Å²) < 4.78 is 12.8. The van der Waals surface area contributed by atoms with Gasteiger partial charge in [0.25, 0.3) is 5.91 Å². The third-order valence-electron chi connectivity index (χ3n) is 3.42. The Kier molecular flexibility index (Phi) is 5.60. The van der Waals surface area contributed by atoms with Gasteiger partial charge in [-0.1, -0.05) is 35.9 Å². The number of nitrogens with one attached hydrogen (secondary N) is 2. The minimum atomic E-state index is -0.520. The van der Waals surface area contributed by atoms with E-state index in [0.717, 1.165) is 5.56 Å². The zero-order chi connectivity index (χ0) is 18.5. The molecule has 1 heterocycles. The lowest BCUT2D eigenvalue weighted by molar-refractivity contribution is -0.121. The van der Waals surface area contributed by atoms with Gasteiger partial charge in [0, 0.05) is 16.0 Å². The molecule has 5 nitrogen and oxygen atoms in total. The number of aromatic nitrogens is 1. The Balaban J connectivity index is 1.55. The summed E-state index contributed by atoms with van der Waals surface area (Å²) in [5, 5.41) is 2.89. The van der Waals surface area contributed by atoms with Crippen LogP contribution in [-0.2, 0) is 11.2 Å². The molecule has 0 aliphatic rings. The predicted molar refractivity (Wildman–Crippen MR) is 98.3 cm³/mol. The Labute approximate surface area is 157 Å². The smallest absolute Gasteiger partial charge is 0.273 e.